The summed E-state index contributed by atoms with van der Waals surface area (Å²) >= 11 is 1.79. The highest BCUT2D eigenvalue weighted by atomic mass is 32.1. The van der Waals surface area contributed by atoms with Gasteiger partial charge in [0.15, 0.2) is 0 Å². The molecule has 1 saturated heterocycles. The molecule has 0 saturated carbocycles. The number of piperidine rings is 1. The zero-order valence-corrected chi connectivity index (χ0v) is 16.8. The molecule has 0 aliphatic carbocycles. The number of fused-ring (bicyclic) bond motifs is 2. The minimum absolute atomic E-state index is 0.0242. The van der Waals surface area contributed by atoms with Gasteiger partial charge in [0.05, 0.1) is 32.5 Å². The number of para-hydroxylation sites is 1. The summed E-state index contributed by atoms with van der Waals surface area (Å²) < 4.78 is 1.23. The number of hydrogen-bond donors (Lipinski definition) is 1. The van der Waals surface area contributed by atoms with Crippen LogP contribution in [0.5, 0.6) is 0 Å². The first-order valence-corrected chi connectivity index (χ1v) is 10.4. The zero-order valence-electron chi connectivity index (χ0n) is 16.0. The highest BCUT2D eigenvalue weighted by Crippen LogP contribution is 2.39. The van der Waals surface area contributed by atoms with Crippen molar-refractivity contribution in [1.29, 1.82) is 0 Å². The van der Waals surface area contributed by atoms with Crippen molar-refractivity contribution in [2.24, 2.45) is 0 Å². The summed E-state index contributed by atoms with van der Waals surface area (Å²) in [5.41, 5.74) is 3.72. The van der Waals surface area contributed by atoms with Crippen molar-refractivity contribution >= 4 is 38.4 Å². The van der Waals surface area contributed by atoms with Crippen LogP contribution < -0.4 is 0 Å². The Morgan fingerprint density at radius 2 is 2.00 bits per heavy atom. The fourth-order valence-electron chi connectivity index (χ4n) is 4.09. The van der Waals surface area contributed by atoms with E-state index in [1.807, 2.05) is 24.0 Å². The van der Waals surface area contributed by atoms with Crippen molar-refractivity contribution in [3.8, 4) is 0 Å². The van der Waals surface area contributed by atoms with Gasteiger partial charge in [-0.05, 0) is 49.6 Å². The average molecular weight is 391 g/mol. The lowest BCUT2D eigenvalue weighted by atomic mass is 9.81. The smallest absolute Gasteiger partial charge is 0.256 e. The quantitative estimate of drug-likeness (QED) is 0.541. The van der Waals surface area contributed by atoms with Crippen LogP contribution in [0.3, 0.4) is 0 Å². The first kappa shape index (κ1) is 17.4. The van der Waals surface area contributed by atoms with Crippen molar-refractivity contribution in [1.82, 2.24) is 20.1 Å². The Morgan fingerprint density at radius 3 is 2.79 bits per heavy atom. The van der Waals surface area contributed by atoms with Crippen molar-refractivity contribution in [2.45, 2.75) is 32.1 Å². The SMILES string of the molecule is Cc1cc(C(=O)N2CCC(C)(c3nc4ccccc4s3)CC2)c2[nH]ncc2c1. The summed E-state index contributed by atoms with van der Waals surface area (Å²) in [7, 11) is 0. The molecule has 4 aromatic rings. The molecule has 28 heavy (non-hydrogen) atoms. The van der Waals surface area contributed by atoms with E-state index in [0.717, 1.165) is 53.5 Å². The summed E-state index contributed by atoms with van der Waals surface area (Å²) in [6.45, 7) is 5.79. The number of hydrogen-bond acceptors (Lipinski definition) is 4. The van der Waals surface area contributed by atoms with Gasteiger partial charge in [0.25, 0.3) is 5.91 Å². The molecule has 2 aromatic carbocycles. The number of amides is 1. The van der Waals surface area contributed by atoms with Gasteiger partial charge in [-0.3, -0.25) is 9.89 Å². The molecule has 1 aliphatic heterocycles. The third-order valence-electron chi connectivity index (χ3n) is 5.89. The van der Waals surface area contributed by atoms with Crippen LogP contribution in [0.25, 0.3) is 21.1 Å². The van der Waals surface area contributed by atoms with Gasteiger partial charge in [0.2, 0.25) is 0 Å². The lowest BCUT2D eigenvalue weighted by Crippen LogP contribution is -2.44. The number of rotatable bonds is 2. The molecule has 5 rings (SSSR count). The number of thiazole rings is 1. The van der Waals surface area contributed by atoms with Crippen LogP contribution in [0.2, 0.25) is 0 Å². The van der Waals surface area contributed by atoms with Gasteiger partial charge in [0.1, 0.15) is 0 Å². The lowest BCUT2D eigenvalue weighted by molar-refractivity contribution is 0.0677. The third kappa shape index (κ3) is 2.79. The largest absolute Gasteiger partial charge is 0.339 e. The van der Waals surface area contributed by atoms with Crippen LogP contribution >= 0.6 is 11.3 Å². The molecule has 0 unspecified atom stereocenters. The number of likely N-dealkylation sites (tertiary alicyclic amines) is 1. The van der Waals surface area contributed by atoms with Crippen LogP contribution in [0.15, 0.2) is 42.6 Å². The van der Waals surface area contributed by atoms with E-state index in [-0.39, 0.29) is 11.3 Å². The molecule has 1 amide bonds. The Labute approximate surface area is 167 Å². The van der Waals surface area contributed by atoms with Crippen LogP contribution in [0, 0.1) is 6.92 Å². The second-order valence-corrected chi connectivity index (χ2v) is 9.02. The summed E-state index contributed by atoms with van der Waals surface area (Å²) in [6.07, 6.45) is 3.63. The third-order valence-corrected chi connectivity index (χ3v) is 7.23. The molecule has 1 N–H and O–H groups in total. The molecule has 0 radical (unpaired) electrons. The first-order chi connectivity index (χ1) is 13.5. The fourth-order valence-corrected chi connectivity index (χ4v) is 5.26. The van der Waals surface area contributed by atoms with E-state index in [0.29, 0.717) is 0 Å². The normalized spacial score (nSPS) is 16.7. The summed E-state index contributed by atoms with van der Waals surface area (Å²) in [5, 5.41) is 9.27. The molecule has 1 fully saturated rings. The minimum Gasteiger partial charge on any atom is -0.339 e. The van der Waals surface area contributed by atoms with Crippen LogP contribution in [0.4, 0.5) is 0 Å². The van der Waals surface area contributed by atoms with Gasteiger partial charge < -0.3 is 4.90 Å². The number of aryl methyl sites for hydroxylation is 1. The standard InChI is InChI=1S/C22H22N4OS/c1-14-11-15-13-23-25-19(15)16(12-14)20(27)26-9-7-22(2,8-10-26)21-24-17-5-3-4-6-18(17)28-21/h3-6,11-13H,7-10H2,1-2H3,(H,23,25). The minimum atomic E-state index is 0.0242. The van der Waals surface area contributed by atoms with Gasteiger partial charge in [0, 0.05) is 23.9 Å². The highest BCUT2D eigenvalue weighted by Gasteiger charge is 2.36. The Balaban J connectivity index is 1.39. The van der Waals surface area contributed by atoms with E-state index >= 15 is 0 Å². The van der Waals surface area contributed by atoms with Crippen LogP contribution in [-0.4, -0.2) is 39.1 Å². The van der Waals surface area contributed by atoms with Crippen molar-refractivity contribution in [3.63, 3.8) is 0 Å². The second-order valence-electron chi connectivity index (χ2n) is 7.99. The maximum Gasteiger partial charge on any atom is 0.256 e. The van der Waals surface area contributed by atoms with E-state index in [9.17, 15) is 4.79 Å². The van der Waals surface area contributed by atoms with Crippen molar-refractivity contribution < 1.29 is 4.79 Å². The molecule has 1 aliphatic rings. The molecule has 6 heteroatoms. The number of nitrogens with zero attached hydrogens (tertiary/aromatic N) is 3. The van der Waals surface area contributed by atoms with E-state index in [1.165, 1.54) is 9.71 Å². The predicted molar refractivity (Wildman–Crippen MR) is 113 cm³/mol. The molecule has 3 heterocycles. The topological polar surface area (TPSA) is 61.9 Å². The highest BCUT2D eigenvalue weighted by molar-refractivity contribution is 7.18. The van der Waals surface area contributed by atoms with Crippen molar-refractivity contribution in [2.75, 3.05) is 13.1 Å². The van der Waals surface area contributed by atoms with E-state index in [4.69, 9.17) is 4.98 Å². The number of carbonyl (C=O) groups is 1. The van der Waals surface area contributed by atoms with Crippen LogP contribution in [0.1, 0.15) is 40.7 Å². The summed E-state index contributed by atoms with van der Waals surface area (Å²) in [6, 6.07) is 12.3. The van der Waals surface area contributed by atoms with E-state index in [1.54, 1.807) is 17.5 Å². The maximum atomic E-state index is 13.2. The Kier molecular flexibility index (Phi) is 3.98. The average Bonchev–Trinajstić information content (AvgIpc) is 3.34. The number of aromatic nitrogens is 3. The van der Waals surface area contributed by atoms with Gasteiger partial charge in [-0.2, -0.15) is 5.10 Å². The monoisotopic (exact) mass is 390 g/mol. The summed E-state index contributed by atoms with van der Waals surface area (Å²) in [4.78, 5) is 20.1. The van der Waals surface area contributed by atoms with Gasteiger partial charge in [-0.25, -0.2) is 4.98 Å². The fraction of sp³-hybridized carbons (Fsp3) is 0.318. The van der Waals surface area contributed by atoms with Crippen molar-refractivity contribution in [3.05, 3.63) is 58.7 Å². The molecular weight excluding hydrogens is 368 g/mol. The molecule has 0 bridgehead atoms. The van der Waals surface area contributed by atoms with Gasteiger partial charge in [-0.1, -0.05) is 19.1 Å². The first-order valence-electron chi connectivity index (χ1n) is 9.63. The van der Waals surface area contributed by atoms with Gasteiger partial charge >= 0.3 is 0 Å². The van der Waals surface area contributed by atoms with Gasteiger partial charge in [-0.15, -0.1) is 11.3 Å². The molecular formula is C22H22N4OS. The Bertz CT molecular complexity index is 1150. The summed E-state index contributed by atoms with van der Waals surface area (Å²) in [5.74, 6) is 0.0873. The van der Waals surface area contributed by atoms with Crippen LogP contribution in [-0.2, 0) is 5.41 Å². The number of carbonyl (C=O) groups excluding carboxylic acids is 1. The van der Waals surface area contributed by atoms with E-state index in [2.05, 4.69) is 41.4 Å². The Morgan fingerprint density at radius 1 is 1.21 bits per heavy atom. The number of H-pyrrole nitrogens is 1. The maximum absolute atomic E-state index is 13.2. The zero-order chi connectivity index (χ0) is 19.3. The molecule has 142 valence electrons. The Hall–Kier alpha value is -2.73. The molecule has 5 nitrogen and oxygen atoms in total. The molecule has 0 spiro atoms. The number of aromatic amines is 1. The van der Waals surface area contributed by atoms with E-state index < -0.39 is 0 Å². The second kappa shape index (κ2) is 6.41. The lowest BCUT2D eigenvalue weighted by Gasteiger charge is -2.38. The molecule has 0 atom stereocenters. The number of nitrogens with one attached hydrogen (secondary N) is 1. The predicted octanol–water partition coefficient (Wildman–Crippen LogP) is 4.67. The molecule has 2 aromatic heterocycles. The number of benzene rings is 2.